The third-order valence-electron chi connectivity index (χ3n) is 3.10. The van der Waals surface area contributed by atoms with Crippen molar-refractivity contribution in [1.29, 1.82) is 0 Å². The van der Waals surface area contributed by atoms with Gasteiger partial charge in [-0.15, -0.1) is 11.6 Å². The lowest BCUT2D eigenvalue weighted by molar-refractivity contribution is 0.0391. The topological polar surface area (TPSA) is 46.6 Å². The summed E-state index contributed by atoms with van der Waals surface area (Å²) in [5.41, 5.74) is 0.213. The van der Waals surface area contributed by atoms with E-state index < -0.39 is 32.6 Å². The van der Waals surface area contributed by atoms with Gasteiger partial charge in [-0.3, -0.25) is 0 Å². The Balaban J connectivity index is 2.51. The summed E-state index contributed by atoms with van der Waals surface area (Å²) in [5.74, 6) is -2.70. The van der Waals surface area contributed by atoms with Crippen LogP contribution < -0.4 is 0 Å². The molecule has 1 fully saturated rings. The summed E-state index contributed by atoms with van der Waals surface area (Å²) in [6, 6.07) is 1.53. The Morgan fingerprint density at radius 3 is 2.75 bits per heavy atom. The molecule has 2 rings (SSSR count). The Kier molecular flexibility index (Phi) is 4.63. The molecule has 1 aromatic rings. The van der Waals surface area contributed by atoms with Crippen molar-refractivity contribution in [3.05, 3.63) is 29.3 Å². The maximum Gasteiger partial charge on any atom is 0.246 e. The molecule has 0 saturated carbocycles. The zero-order chi connectivity index (χ0) is 14.9. The fourth-order valence-electron chi connectivity index (χ4n) is 2.08. The molecule has 0 N–H and O–H groups in total. The fraction of sp³-hybridized carbons (Fsp3) is 0.500. The van der Waals surface area contributed by atoms with Crippen LogP contribution in [0.4, 0.5) is 8.78 Å². The average Bonchev–Trinajstić information content (AvgIpc) is 2.41. The van der Waals surface area contributed by atoms with Gasteiger partial charge < -0.3 is 4.74 Å². The average molecular weight is 326 g/mol. The highest BCUT2D eigenvalue weighted by Gasteiger charge is 2.34. The first kappa shape index (κ1) is 15.6. The van der Waals surface area contributed by atoms with Crippen LogP contribution in [0.2, 0.25) is 0 Å². The fourth-order valence-corrected chi connectivity index (χ4v) is 3.96. The van der Waals surface area contributed by atoms with E-state index in [-0.39, 0.29) is 31.2 Å². The van der Waals surface area contributed by atoms with Gasteiger partial charge in [0.25, 0.3) is 0 Å². The molecule has 0 bridgehead atoms. The number of nitrogens with zero attached hydrogens (tertiary/aromatic N) is 1. The zero-order valence-corrected chi connectivity index (χ0v) is 12.3. The van der Waals surface area contributed by atoms with E-state index in [9.17, 15) is 17.2 Å². The second-order valence-corrected chi connectivity index (χ2v) is 6.69. The molecule has 0 radical (unpaired) electrons. The molecule has 1 aliphatic rings. The highest BCUT2D eigenvalue weighted by atomic mass is 35.5. The molecule has 1 saturated heterocycles. The van der Waals surface area contributed by atoms with E-state index in [1.165, 1.54) is 0 Å². The number of ether oxygens (including phenoxy) is 1. The number of morpholine rings is 1. The summed E-state index contributed by atoms with van der Waals surface area (Å²) in [6.45, 7) is 2.20. The number of rotatable bonds is 3. The van der Waals surface area contributed by atoms with Gasteiger partial charge in [-0.25, -0.2) is 17.2 Å². The molecular formula is C12H14ClF2NO3S. The van der Waals surface area contributed by atoms with Crippen LogP contribution in [0.1, 0.15) is 12.5 Å². The largest absolute Gasteiger partial charge is 0.378 e. The molecule has 4 nitrogen and oxygen atoms in total. The Morgan fingerprint density at radius 1 is 1.45 bits per heavy atom. The smallest absolute Gasteiger partial charge is 0.246 e. The maximum absolute atomic E-state index is 13.8. The first-order valence-corrected chi connectivity index (χ1v) is 7.99. The van der Waals surface area contributed by atoms with Crippen LogP contribution in [0.5, 0.6) is 0 Å². The van der Waals surface area contributed by atoms with Crippen LogP contribution in [-0.4, -0.2) is 38.5 Å². The summed E-state index contributed by atoms with van der Waals surface area (Å²) in [4.78, 5) is -0.679. The molecule has 1 atom stereocenters. The van der Waals surface area contributed by atoms with E-state index in [4.69, 9.17) is 16.3 Å². The number of hydrogen-bond donors (Lipinski definition) is 0. The normalized spacial score (nSPS) is 21.1. The molecule has 0 amide bonds. The highest BCUT2D eigenvalue weighted by molar-refractivity contribution is 7.89. The van der Waals surface area contributed by atoms with E-state index in [0.717, 1.165) is 16.4 Å². The minimum Gasteiger partial charge on any atom is -0.378 e. The molecule has 8 heteroatoms. The van der Waals surface area contributed by atoms with Crippen molar-refractivity contribution in [2.45, 2.75) is 23.7 Å². The van der Waals surface area contributed by atoms with Crippen molar-refractivity contribution in [1.82, 2.24) is 4.31 Å². The molecule has 112 valence electrons. The van der Waals surface area contributed by atoms with Crippen LogP contribution in [0.15, 0.2) is 17.0 Å². The second-order valence-electron chi connectivity index (χ2n) is 4.56. The second kappa shape index (κ2) is 5.93. The van der Waals surface area contributed by atoms with Crippen molar-refractivity contribution in [2.75, 3.05) is 19.8 Å². The van der Waals surface area contributed by atoms with Crippen molar-refractivity contribution in [3.63, 3.8) is 0 Å². The lowest BCUT2D eigenvalue weighted by Gasteiger charge is -2.32. The van der Waals surface area contributed by atoms with E-state index in [1.807, 2.05) is 0 Å². The van der Waals surface area contributed by atoms with E-state index >= 15 is 0 Å². The quantitative estimate of drug-likeness (QED) is 0.800. The molecular weight excluding hydrogens is 312 g/mol. The van der Waals surface area contributed by atoms with Gasteiger partial charge in [-0.05, 0) is 24.6 Å². The molecule has 1 aliphatic heterocycles. The molecule has 0 spiro atoms. The van der Waals surface area contributed by atoms with E-state index in [0.29, 0.717) is 0 Å². The van der Waals surface area contributed by atoms with Crippen LogP contribution in [0.3, 0.4) is 0 Å². The van der Waals surface area contributed by atoms with Gasteiger partial charge in [0.05, 0.1) is 13.2 Å². The standard InChI is InChI=1S/C12H14ClF2NO3S/c1-8-7-19-3-2-16(8)20(17,18)11-5-9(6-13)4-10(14)12(11)15/h4-5,8H,2-3,6-7H2,1H3. The van der Waals surface area contributed by atoms with Gasteiger partial charge in [0.15, 0.2) is 11.6 Å². The SMILES string of the molecule is CC1COCCN1S(=O)(=O)c1cc(CCl)cc(F)c1F. The molecule has 1 unspecified atom stereocenters. The molecule has 20 heavy (non-hydrogen) atoms. The lowest BCUT2D eigenvalue weighted by Crippen LogP contribution is -2.47. The van der Waals surface area contributed by atoms with Gasteiger partial charge in [0, 0.05) is 18.5 Å². The van der Waals surface area contributed by atoms with Crippen LogP contribution in [0, 0.1) is 11.6 Å². The van der Waals surface area contributed by atoms with Crippen molar-refractivity contribution >= 4 is 21.6 Å². The van der Waals surface area contributed by atoms with Gasteiger partial charge in [-0.1, -0.05) is 0 Å². The van der Waals surface area contributed by atoms with Crippen LogP contribution in [-0.2, 0) is 20.6 Å². The summed E-state index contributed by atoms with van der Waals surface area (Å²) >= 11 is 5.57. The number of alkyl halides is 1. The lowest BCUT2D eigenvalue weighted by atomic mass is 10.2. The first-order chi connectivity index (χ1) is 9.37. The van der Waals surface area contributed by atoms with E-state index in [2.05, 4.69) is 0 Å². The van der Waals surface area contributed by atoms with Crippen LogP contribution >= 0.6 is 11.6 Å². The molecule has 0 aliphatic carbocycles. The Hall–Kier alpha value is -0.760. The van der Waals surface area contributed by atoms with Crippen LogP contribution in [0.25, 0.3) is 0 Å². The maximum atomic E-state index is 13.8. The molecule has 1 aromatic carbocycles. The molecule has 1 heterocycles. The van der Waals surface area contributed by atoms with Gasteiger partial charge in [0.1, 0.15) is 4.90 Å². The minimum atomic E-state index is -4.12. The predicted molar refractivity (Wildman–Crippen MR) is 70.1 cm³/mol. The third-order valence-corrected chi connectivity index (χ3v) is 5.42. The van der Waals surface area contributed by atoms with Gasteiger partial charge in [0.2, 0.25) is 10.0 Å². The highest BCUT2D eigenvalue weighted by Crippen LogP contribution is 2.26. The zero-order valence-electron chi connectivity index (χ0n) is 10.8. The van der Waals surface area contributed by atoms with Crippen molar-refractivity contribution in [2.24, 2.45) is 0 Å². The van der Waals surface area contributed by atoms with Gasteiger partial charge in [-0.2, -0.15) is 4.31 Å². The molecule has 0 aromatic heterocycles. The summed E-state index contributed by atoms with van der Waals surface area (Å²) < 4.78 is 58.5. The predicted octanol–water partition coefficient (Wildman–Crippen LogP) is 2.11. The monoisotopic (exact) mass is 325 g/mol. The number of halogens is 3. The van der Waals surface area contributed by atoms with Crippen molar-refractivity contribution in [3.8, 4) is 0 Å². The number of hydrogen-bond acceptors (Lipinski definition) is 3. The summed E-state index contributed by atoms with van der Waals surface area (Å²) in [5, 5.41) is 0. The third kappa shape index (κ3) is 2.81. The van der Waals surface area contributed by atoms with Crippen molar-refractivity contribution < 1.29 is 21.9 Å². The first-order valence-electron chi connectivity index (χ1n) is 6.01. The Morgan fingerprint density at radius 2 is 2.15 bits per heavy atom. The van der Waals surface area contributed by atoms with Gasteiger partial charge >= 0.3 is 0 Å². The summed E-state index contributed by atoms with van der Waals surface area (Å²) in [7, 11) is -4.12. The van der Waals surface area contributed by atoms with E-state index in [1.54, 1.807) is 6.92 Å². The Labute approximate surface area is 121 Å². The number of sulfonamides is 1. The summed E-state index contributed by atoms with van der Waals surface area (Å²) in [6.07, 6.45) is 0. The number of benzene rings is 1. The minimum absolute atomic E-state index is 0.0988. The Bertz CT molecular complexity index is 609.